The molecule has 0 aliphatic carbocycles. The van der Waals surface area contributed by atoms with E-state index in [1.165, 1.54) is 0 Å². The smallest absolute Gasteiger partial charge is 0.147 e. The van der Waals surface area contributed by atoms with Crippen LogP contribution in [-0.2, 0) is 11.4 Å². The number of rotatable bonds is 3. The third-order valence-corrected chi connectivity index (χ3v) is 1.12. The van der Waals surface area contributed by atoms with Gasteiger partial charge in [-0.05, 0) is 6.92 Å². The summed E-state index contributed by atoms with van der Waals surface area (Å²) in [4.78, 5) is 8.59. The lowest BCUT2D eigenvalue weighted by Crippen LogP contribution is -2.13. The SMILES string of the molecule is CONCc1cnc(C)nn1. The van der Waals surface area contributed by atoms with Crippen LogP contribution in [0.2, 0.25) is 0 Å². The molecule has 0 atom stereocenters. The molecule has 1 aromatic heterocycles. The number of aryl methyl sites for hydroxylation is 1. The van der Waals surface area contributed by atoms with Crippen LogP contribution >= 0.6 is 0 Å². The maximum absolute atomic E-state index is 4.63. The molecule has 11 heavy (non-hydrogen) atoms. The van der Waals surface area contributed by atoms with E-state index >= 15 is 0 Å². The minimum absolute atomic E-state index is 0.525. The summed E-state index contributed by atoms with van der Waals surface area (Å²) in [5.41, 5.74) is 3.40. The van der Waals surface area contributed by atoms with Crippen LogP contribution in [0.1, 0.15) is 11.5 Å². The molecule has 1 heterocycles. The van der Waals surface area contributed by atoms with E-state index in [4.69, 9.17) is 0 Å². The number of nitrogens with one attached hydrogen (secondary N) is 1. The molecule has 0 unspecified atom stereocenters. The Kier molecular flexibility index (Phi) is 2.88. The highest BCUT2D eigenvalue weighted by atomic mass is 16.6. The van der Waals surface area contributed by atoms with Gasteiger partial charge in [-0.1, -0.05) is 0 Å². The molecule has 1 aromatic rings. The monoisotopic (exact) mass is 154 g/mol. The Labute approximate surface area is 64.8 Å². The maximum Gasteiger partial charge on any atom is 0.147 e. The molecule has 0 aliphatic heterocycles. The van der Waals surface area contributed by atoms with Gasteiger partial charge in [0.05, 0.1) is 25.5 Å². The minimum atomic E-state index is 0.525. The molecule has 0 fully saturated rings. The molecule has 0 bridgehead atoms. The predicted octanol–water partition coefficient (Wildman–Crippen LogP) is -0.169. The average molecular weight is 154 g/mol. The van der Waals surface area contributed by atoms with E-state index in [9.17, 15) is 0 Å². The van der Waals surface area contributed by atoms with Crippen LogP contribution in [0.4, 0.5) is 0 Å². The lowest BCUT2D eigenvalue weighted by Gasteiger charge is -1.98. The number of nitrogens with zero attached hydrogens (tertiary/aromatic N) is 3. The van der Waals surface area contributed by atoms with Gasteiger partial charge in [0.2, 0.25) is 0 Å². The molecule has 0 spiro atoms. The Bertz CT molecular complexity index is 210. The van der Waals surface area contributed by atoms with Gasteiger partial charge in [-0.2, -0.15) is 10.6 Å². The number of hydroxylamine groups is 1. The van der Waals surface area contributed by atoms with Crippen molar-refractivity contribution in [2.24, 2.45) is 0 Å². The largest absolute Gasteiger partial charge is 0.305 e. The second-order valence-corrected chi connectivity index (χ2v) is 2.02. The zero-order chi connectivity index (χ0) is 8.10. The summed E-state index contributed by atoms with van der Waals surface area (Å²) in [5.74, 6) is 0.672. The van der Waals surface area contributed by atoms with E-state index in [2.05, 4.69) is 25.5 Å². The second kappa shape index (κ2) is 3.95. The molecule has 0 amide bonds. The molecule has 0 radical (unpaired) electrons. The minimum Gasteiger partial charge on any atom is -0.305 e. The molecule has 0 aromatic carbocycles. The van der Waals surface area contributed by atoms with E-state index in [0.717, 1.165) is 5.69 Å². The third-order valence-electron chi connectivity index (χ3n) is 1.12. The molecule has 0 saturated heterocycles. The van der Waals surface area contributed by atoms with E-state index in [1.54, 1.807) is 20.2 Å². The van der Waals surface area contributed by atoms with Crippen LogP contribution in [0.15, 0.2) is 6.20 Å². The summed E-state index contributed by atoms with van der Waals surface area (Å²) >= 11 is 0. The van der Waals surface area contributed by atoms with Gasteiger partial charge in [-0.3, -0.25) is 0 Å². The van der Waals surface area contributed by atoms with E-state index in [1.807, 2.05) is 0 Å². The molecule has 5 nitrogen and oxygen atoms in total. The Morgan fingerprint density at radius 2 is 2.36 bits per heavy atom. The van der Waals surface area contributed by atoms with Crippen LogP contribution in [-0.4, -0.2) is 22.3 Å². The zero-order valence-corrected chi connectivity index (χ0v) is 6.53. The van der Waals surface area contributed by atoms with E-state index in [-0.39, 0.29) is 0 Å². The summed E-state index contributed by atoms with van der Waals surface area (Å²) in [5, 5.41) is 7.64. The normalized spacial score (nSPS) is 10.0. The highest BCUT2D eigenvalue weighted by molar-refractivity contribution is 4.92. The highest BCUT2D eigenvalue weighted by Crippen LogP contribution is 1.88. The predicted molar refractivity (Wildman–Crippen MR) is 38.4 cm³/mol. The van der Waals surface area contributed by atoms with Gasteiger partial charge in [0.1, 0.15) is 5.82 Å². The van der Waals surface area contributed by atoms with E-state index in [0.29, 0.717) is 12.4 Å². The Morgan fingerprint density at radius 3 is 2.91 bits per heavy atom. The van der Waals surface area contributed by atoms with Crippen molar-refractivity contribution in [1.82, 2.24) is 20.7 Å². The number of hydrogen-bond donors (Lipinski definition) is 1. The van der Waals surface area contributed by atoms with Crippen molar-refractivity contribution in [2.45, 2.75) is 13.5 Å². The fourth-order valence-electron chi connectivity index (χ4n) is 0.583. The second-order valence-electron chi connectivity index (χ2n) is 2.02. The van der Waals surface area contributed by atoms with Gasteiger partial charge in [0.25, 0.3) is 0 Å². The summed E-state index contributed by atoms with van der Waals surface area (Å²) in [6.07, 6.45) is 1.66. The molecule has 0 saturated carbocycles. The van der Waals surface area contributed by atoms with E-state index < -0.39 is 0 Å². The molecule has 0 aliphatic rings. The van der Waals surface area contributed by atoms with Crippen LogP contribution in [0, 0.1) is 6.92 Å². The van der Waals surface area contributed by atoms with Crippen molar-refractivity contribution in [1.29, 1.82) is 0 Å². The Balaban J connectivity index is 2.52. The fraction of sp³-hybridized carbons (Fsp3) is 0.500. The van der Waals surface area contributed by atoms with Crippen molar-refractivity contribution < 1.29 is 4.84 Å². The fourth-order valence-corrected chi connectivity index (χ4v) is 0.583. The average Bonchev–Trinajstić information content (AvgIpc) is 2.04. The number of aromatic nitrogens is 3. The maximum atomic E-state index is 4.63. The molecule has 1 N–H and O–H groups in total. The van der Waals surface area contributed by atoms with Crippen LogP contribution in [0.3, 0.4) is 0 Å². The van der Waals surface area contributed by atoms with Gasteiger partial charge in [0.15, 0.2) is 0 Å². The van der Waals surface area contributed by atoms with Crippen molar-refractivity contribution in [3.8, 4) is 0 Å². The molecular formula is C6H10N4O. The lowest BCUT2D eigenvalue weighted by molar-refractivity contribution is 0.0855. The first-order chi connectivity index (χ1) is 5.33. The number of hydrogen-bond acceptors (Lipinski definition) is 5. The lowest BCUT2D eigenvalue weighted by atomic mass is 10.5. The molecule has 60 valence electrons. The van der Waals surface area contributed by atoms with Crippen LogP contribution in [0.25, 0.3) is 0 Å². The van der Waals surface area contributed by atoms with Crippen molar-refractivity contribution in [3.63, 3.8) is 0 Å². The Morgan fingerprint density at radius 1 is 1.55 bits per heavy atom. The van der Waals surface area contributed by atoms with Crippen LogP contribution in [0.5, 0.6) is 0 Å². The summed E-state index contributed by atoms with van der Waals surface area (Å²) < 4.78 is 0. The molecule has 1 rings (SSSR count). The van der Waals surface area contributed by atoms with Gasteiger partial charge in [0, 0.05) is 0 Å². The topological polar surface area (TPSA) is 59.9 Å². The van der Waals surface area contributed by atoms with Gasteiger partial charge in [-0.15, -0.1) is 5.10 Å². The zero-order valence-electron chi connectivity index (χ0n) is 6.53. The van der Waals surface area contributed by atoms with Crippen molar-refractivity contribution in [3.05, 3.63) is 17.7 Å². The summed E-state index contributed by atoms with van der Waals surface area (Å²) in [6.45, 7) is 2.32. The van der Waals surface area contributed by atoms with Crippen LogP contribution < -0.4 is 5.48 Å². The molecular weight excluding hydrogens is 144 g/mol. The van der Waals surface area contributed by atoms with Crippen molar-refractivity contribution in [2.75, 3.05) is 7.11 Å². The van der Waals surface area contributed by atoms with Crippen molar-refractivity contribution >= 4 is 0 Å². The highest BCUT2D eigenvalue weighted by Gasteiger charge is 1.93. The van der Waals surface area contributed by atoms with Gasteiger partial charge >= 0.3 is 0 Å². The van der Waals surface area contributed by atoms with Gasteiger partial charge in [-0.25, -0.2) is 4.98 Å². The summed E-state index contributed by atoms with van der Waals surface area (Å²) in [7, 11) is 1.55. The summed E-state index contributed by atoms with van der Waals surface area (Å²) in [6, 6.07) is 0. The first-order valence-electron chi connectivity index (χ1n) is 3.24. The quantitative estimate of drug-likeness (QED) is 0.612. The first kappa shape index (κ1) is 8.03. The Hall–Kier alpha value is -1.07. The molecule has 5 heteroatoms. The third kappa shape index (κ3) is 2.57. The first-order valence-corrected chi connectivity index (χ1v) is 3.24. The standard InChI is InChI=1S/C6H10N4O/c1-5-7-3-6(10-9-5)4-8-11-2/h3,8H,4H2,1-2H3. The van der Waals surface area contributed by atoms with Gasteiger partial charge < -0.3 is 4.84 Å².